The van der Waals surface area contributed by atoms with Crippen LogP contribution in [0.4, 0.5) is 0 Å². The standard InChI is InChI=1S/C11H25NO3/c1-11(2,10-13)12(3)6-5-7-15-9-8-14-4/h13H,5-10H2,1-4H3. The van der Waals surface area contributed by atoms with Gasteiger partial charge in [0.15, 0.2) is 0 Å². The normalized spacial score (nSPS) is 12.4. The van der Waals surface area contributed by atoms with E-state index in [1.807, 2.05) is 20.9 Å². The lowest BCUT2D eigenvalue weighted by Crippen LogP contribution is -2.44. The maximum absolute atomic E-state index is 9.15. The molecule has 0 fully saturated rings. The van der Waals surface area contributed by atoms with Crippen LogP contribution in [0.3, 0.4) is 0 Å². The van der Waals surface area contributed by atoms with Gasteiger partial charge in [0.1, 0.15) is 0 Å². The average molecular weight is 219 g/mol. The topological polar surface area (TPSA) is 41.9 Å². The second kappa shape index (κ2) is 8.05. The molecule has 0 amide bonds. The summed E-state index contributed by atoms with van der Waals surface area (Å²) in [6.07, 6.45) is 0.976. The van der Waals surface area contributed by atoms with Crippen molar-refractivity contribution in [3.05, 3.63) is 0 Å². The molecule has 0 unspecified atom stereocenters. The van der Waals surface area contributed by atoms with Gasteiger partial charge in [-0.05, 0) is 27.3 Å². The van der Waals surface area contributed by atoms with Crippen molar-refractivity contribution in [2.75, 3.05) is 47.1 Å². The molecule has 0 rings (SSSR count). The molecule has 0 aliphatic heterocycles. The van der Waals surface area contributed by atoms with E-state index in [0.29, 0.717) is 13.2 Å². The Balaban J connectivity index is 3.43. The van der Waals surface area contributed by atoms with Gasteiger partial charge in [-0.3, -0.25) is 4.90 Å². The van der Waals surface area contributed by atoms with Crippen LogP contribution in [-0.2, 0) is 9.47 Å². The maximum Gasteiger partial charge on any atom is 0.0700 e. The molecular weight excluding hydrogens is 194 g/mol. The summed E-state index contributed by atoms with van der Waals surface area (Å²) in [7, 11) is 3.69. The highest BCUT2D eigenvalue weighted by Crippen LogP contribution is 2.10. The van der Waals surface area contributed by atoms with E-state index in [9.17, 15) is 0 Å². The molecule has 1 N–H and O–H groups in total. The van der Waals surface area contributed by atoms with E-state index in [4.69, 9.17) is 14.6 Å². The Morgan fingerprint density at radius 2 is 1.87 bits per heavy atom. The lowest BCUT2D eigenvalue weighted by atomic mass is 10.1. The molecule has 0 spiro atoms. The quantitative estimate of drug-likeness (QED) is 0.581. The Morgan fingerprint density at radius 3 is 2.40 bits per heavy atom. The van der Waals surface area contributed by atoms with Crippen LogP contribution in [0.15, 0.2) is 0 Å². The Bertz CT molecular complexity index is 151. The molecule has 0 aromatic heterocycles. The lowest BCUT2D eigenvalue weighted by Gasteiger charge is -2.33. The van der Waals surface area contributed by atoms with Gasteiger partial charge in [-0.2, -0.15) is 0 Å². The van der Waals surface area contributed by atoms with Crippen molar-refractivity contribution in [1.29, 1.82) is 0 Å². The Hall–Kier alpha value is -0.160. The van der Waals surface area contributed by atoms with E-state index in [1.165, 1.54) is 0 Å². The van der Waals surface area contributed by atoms with Crippen molar-refractivity contribution >= 4 is 0 Å². The molecule has 0 heterocycles. The first-order chi connectivity index (χ1) is 7.04. The van der Waals surface area contributed by atoms with E-state index in [-0.39, 0.29) is 12.1 Å². The van der Waals surface area contributed by atoms with E-state index in [2.05, 4.69) is 4.90 Å². The van der Waals surface area contributed by atoms with Crippen LogP contribution < -0.4 is 0 Å². The number of methoxy groups -OCH3 is 1. The minimum atomic E-state index is -0.146. The summed E-state index contributed by atoms with van der Waals surface area (Å²) >= 11 is 0. The molecule has 4 nitrogen and oxygen atoms in total. The molecule has 0 saturated heterocycles. The third-order valence-corrected chi connectivity index (χ3v) is 2.63. The van der Waals surface area contributed by atoms with Gasteiger partial charge in [0.25, 0.3) is 0 Å². The van der Waals surface area contributed by atoms with Gasteiger partial charge in [0.2, 0.25) is 0 Å². The molecule has 0 bridgehead atoms. The van der Waals surface area contributed by atoms with Crippen molar-refractivity contribution in [3.8, 4) is 0 Å². The van der Waals surface area contributed by atoms with Crippen molar-refractivity contribution in [2.45, 2.75) is 25.8 Å². The Labute approximate surface area is 93.2 Å². The predicted molar refractivity (Wildman–Crippen MR) is 61.1 cm³/mol. The molecule has 15 heavy (non-hydrogen) atoms. The predicted octanol–water partition coefficient (Wildman–Crippen LogP) is 0.742. The summed E-state index contributed by atoms with van der Waals surface area (Å²) in [5.74, 6) is 0. The molecule has 0 aliphatic rings. The third kappa shape index (κ3) is 6.84. The average Bonchev–Trinajstić information content (AvgIpc) is 2.22. The smallest absolute Gasteiger partial charge is 0.0700 e. The van der Waals surface area contributed by atoms with Gasteiger partial charge in [-0.1, -0.05) is 0 Å². The molecule has 0 aliphatic carbocycles. The summed E-state index contributed by atoms with van der Waals surface area (Å²) < 4.78 is 10.2. The highest BCUT2D eigenvalue weighted by molar-refractivity contribution is 4.77. The molecule has 0 atom stereocenters. The molecule has 0 aromatic carbocycles. The van der Waals surface area contributed by atoms with Gasteiger partial charge in [0.05, 0.1) is 19.8 Å². The molecular formula is C11H25NO3. The fourth-order valence-electron chi connectivity index (χ4n) is 1.07. The minimum Gasteiger partial charge on any atom is -0.394 e. The third-order valence-electron chi connectivity index (χ3n) is 2.63. The molecule has 4 heteroatoms. The Kier molecular flexibility index (Phi) is 7.96. The van der Waals surface area contributed by atoms with Gasteiger partial charge in [-0.15, -0.1) is 0 Å². The lowest BCUT2D eigenvalue weighted by molar-refractivity contribution is 0.0483. The summed E-state index contributed by atoms with van der Waals surface area (Å²) in [5.41, 5.74) is -0.146. The zero-order chi connectivity index (χ0) is 11.7. The van der Waals surface area contributed by atoms with Gasteiger partial charge in [-0.25, -0.2) is 0 Å². The molecule has 92 valence electrons. The first-order valence-electron chi connectivity index (χ1n) is 5.43. The fourth-order valence-corrected chi connectivity index (χ4v) is 1.07. The number of ether oxygens (including phenoxy) is 2. The maximum atomic E-state index is 9.15. The first kappa shape index (κ1) is 14.8. The van der Waals surface area contributed by atoms with Crippen LogP contribution >= 0.6 is 0 Å². The second-order valence-electron chi connectivity index (χ2n) is 4.35. The zero-order valence-electron chi connectivity index (χ0n) is 10.5. The SMILES string of the molecule is COCCOCCCN(C)C(C)(C)CO. The highest BCUT2D eigenvalue weighted by Gasteiger charge is 2.21. The number of hydrogen-bond acceptors (Lipinski definition) is 4. The second-order valence-corrected chi connectivity index (χ2v) is 4.35. The van der Waals surface area contributed by atoms with Crippen molar-refractivity contribution in [3.63, 3.8) is 0 Å². The van der Waals surface area contributed by atoms with E-state index < -0.39 is 0 Å². The number of aliphatic hydroxyl groups is 1. The van der Waals surface area contributed by atoms with Gasteiger partial charge >= 0.3 is 0 Å². The zero-order valence-corrected chi connectivity index (χ0v) is 10.5. The van der Waals surface area contributed by atoms with Gasteiger partial charge in [0, 0.05) is 25.8 Å². The molecule has 0 radical (unpaired) electrons. The van der Waals surface area contributed by atoms with Crippen molar-refractivity contribution < 1.29 is 14.6 Å². The number of rotatable bonds is 9. The molecule has 0 aromatic rings. The van der Waals surface area contributed by atoms with E-state index >= 15 is 0 Å². The summed E-state index contributed by atoms with van der Waals surface area (Å²) in [6.45, 7) is 7.21. The van der Waals surface area contributed by atoms with Crippen LogP contribution in [0.5, 0.6) is 0 Å². The van der Waals surface area contributed by atoms with Crippen molar-refractivity contribution in [2.24, 2.45) is 0 Å². The fraction of sp³-hybridized carbons (Fsp3) is 1.00. The van der Waals surface area contributed by atoms with Crippen LogP contribution in [0.25, 0.3) is 0 Å². The molecule has 0 saturated carbocycles. The number of nitrogens with zero attached hydrogens (tertiary/aromatic N) is 1. The number of likely N-dealkylation sites (N-methyl/N-ethyl adjacent to an activating group) is 1. The highest BCUT2D eigenvalue weighted by atomic mass is 16.5. The largest absolute Gasteiger partial charge is 0.394 e. The monoisotopic (exact) mass is 219 g/mol. The van der Waals surface area contributed by atoms with Gasteiger partial charge < -0.3 is 14.6 Å². The number of aliphatic hydroxyl groups excluding tert-OH is 1. The van der Waals surface area contributed by atoms with Crippen LogP contribution in [0, 0.1) is 0 Å². The van der Waals surface area contributed by atoms with Crippen LogP contribution in [0.1, 0.15) is 20.3 Å². The minimum absolute atomic E-state index is 0.146. The van der Waals surface area contributed by atoms with E-state index in [0.717, 1.165) is 19.6 Å². The summed E-state index contributed by atoms with van der Waals surface area (Å²) in [5, 5.41) is 9.15. The van der Waals surface area contributed by atoms with E-state index in [1.54, 1.807) is 7.11 Å². The summed E-state index contributed by atoms with van der Waals surface area (Å²) in [4.78, 5) is 2.15. The Morgan fingerprint density at radius 1 is 1.20 bits per heavy atom. The van der Waals surface area contributed by atoms with Crippen molar-refractivity contribution in [1.82, 2.24) is 4.90 Å². The van der Waals surface area contributed by atoms with Crippen LogP contribution in [0.2, 0.25) is 0 Å². The first-order valence-corrected chi connectivity index (χ1v) is 5.43. The van der Waals surface area contributed by atoms with Crippen LogP contribution in [-0.4, -0.2) is 62.7 Å². The summed E-state index contributed by atoms with van der Waals surface area (Å²) in [6, 6.07) is 0. The number of hydrogen-bond donors (Lipinski definition) is 1.